The maximum Gasteiger partial charge on any atom is 0.250 e. The molecule has 1 heterocycles. The summed E-state index contributed by atoms with van der Waals surface area (Å²) in [7, 11) is 0. The van der Waals surface area contributed by atoms with Gasteiger partial charge < -0.3 is 16.2 Å². The number of aromatic nitrogens is 1. The Hall–Kier alpha value is -1.62. The molecule has 0 saturated heterocycles. The van der Waals surface area contributed by atoms with Gasteiger partial charge in [-0.25, -0.2) is 4.98 Å². The molecule has 1 aromatic heterocycles. The van der Waals surface area contributed by atoms with Gasteiger partial charge in [-0.05, 0) is 31.9 Å². The molecule has 17 heavy (non-hydrogen) atoms. The summed E-state index contributed by atoms with van der Waals surface area (Å²) in [6.45, 7) is 4.18. The van der Waals surface area contributed by atoms with Crippen molar-refractivity contribution in [1.29, 1.82) is 0 Å². The highest BCUT2D eigenvalue weighted by molar-refractivity contribution is 5.92. The van der Waals surface area contributed by atoms with E-state index < -0.39 is 5.91 Å². The van der Waals surface area contributed by atoms with Gasteiger partial charge in [0, 0.05) is 18.3 Å². The van der Waals surface area contributed by atoms with Gasteiger partial charge in [-0.2, -0.15) is 0 Å². The van der Waals surface area contributed by atoms with Crippen LogP contribution in [0.1, 0.15) is 37.0 Å². The quantitative estimate of drug-likeness (QED) is 0.692. The maximum absolute atomic E-state index is 10.9. The predicted molar refractivity (Wildman–Crippen MR) is 66.8 cm³/mol. The molecule has 0 aliphatic rings. The molecule has 0 radical (unpaired) electrons. The highest BCUT2D eigenvalue weighted by atomic mass is 16.3. The van der Waals surface area contributed by atoms with Crippen molar-refractivity contribution in [3.8, 4) is 0 Å². The molecule has 0 bridgehead atoms. The molecule has 4 N–H and O–H groups in total. The Morgan fingerprint density at radius 1 is 1.59 bits per heavy atom. The Kier molecular flexibility index (Phi) is 4.45. The lowest BCUT2D eigenvalue weighted by Crippen LogP contribution is -2.35. The van der Waals surface area contributed by atoms with Gasteiger partial charge in [-0.1, -0.05) is 6.92 Å². The van der Waals surface area contributed by atoms with Crippen LogP contribution < -0.4 is 11.1 Å². The molecule has 1 atom stereocenters. The van der Waals surface area contributed by atoms with E-state index in [1.807, 2.05) is 13.8 Å². The molecular formula is C12H19N3O2. The fraction of sp³-hybridized carbons (Fsp3) is 0.500. The second-order valence-corrected chi connectivity index (χ2v) is 4.31. The summed E-state index contributed by atoms with van der Waals surface area (Å²) in [6, 6.07) is 3.35. The molecule has 1 unspecified atom stereocenters. The number of hydrogen-bond donors (Lipinski definition) is 3. The standard InChI is InChI=1S/C12H19N3O2/c1-3-12(2,6-7-16)15-10-5-4-9(8-14-10)11(13)17/h4-5,8,16H,3,6-7H2,1-2H3,(H2,13,17)(H,14,15). The van der Waals surface area contributed by atoms with Gasteiger partial charge >= 0.3 is 0 Å². The minimum Gasteiger partial charge on any atom is -0.396 e. The van der Waals surface area contributed by atoms with Gasteiger partial charge in [-0.15, -0.1) is 0 Å². The number of carbonyl (C=O) groups is 1. The Bertz CT molecular complexity index is 378. The molecule has 0 saturated carbocycles. The SMILES string of the molecule is CCC(C)(CCO)Nc1ccc(C(N)=O)cn1. The number of nitrogens with two attached hydrogens (primary N) is 1. The molecule has 94 valence electrons. The number of aliphatic hydroxyl groups excluding tert-OH is 1. The van der Waals surface area contributed by atoms with Crippen molar-refractivity contribution in [3.05, 3.63) is 23.9 Å². The molecule has 5 heteroatoms. The maximum atomic E-state index is 10.9. The van der Waals surface area contributed by atoms with E-state index in [2.05, 4.69) is 10.3 Å². The van der Waals surface area contributed by atoms with E-state index in [4.69, 9.17) is 10.8 Å². The zero-order valence-electron chi connectivity index (χ0n) is 10.2. The molecule has 1 amide bonds. The van der Waals surface area contributed by atoms with Crippen molar-refractivity contribution in [2.45, 2.75) is 32.2 Å². The normalized spacial score (nSPS) is 14.1. The first-order chi connectivity index (χ1) is 8.00. The van der Waals surface area contributed by atoms with Gasteiger partial charge in [0.2, 0.25) is 5.91 Å². The number of anilines is 1. The largest absolute Gasteiger partial charge is 0.396 e. The number of nitrogens with one attached hydrogen (secondary N) is 1. The monoisotopic (exact) mass is 237 g/mol. The lowest BCUT2D eigenvalue weighted by molar-refractivity contribution is 0.1000. The first-order valence-corrected chi connectivity index (χ1v) is 5.65. The summed E-state index contributed by atoms with van der Waals surface area (Å²) in [5, 5.41) is 12.3. The van der Waals surface area contributed by atoms with Crippen molar-refractivity contribution < 1.29 is 9.90 Å². The average molecular weight is 237 g/mol. The lowest BCUT2D eigenvalue weighted by Gasteiger charge is -2.29. The Morgan fingerprint density at radius 2 is 2.29 bits per heavy atom. The molecule has 5 nitrogen and oxygen atoms in total. The Morgan fingerprint density at radius 3 is 2.71 bits per heavy atom. The first kappa shape index (κ1) is 13.4. The van der Waals surface area contributed by atoms with Gasteiger partial charge in [0.15, 0.2) is 0 Å². The van der Waals surface area contributed by atoms with Crippen LogP contribution in [-0.2, 0) is 0 Å². The van der Waals surface area contributed by atoms with Crippen LogP contribution in [0.4, 0.5) is 5.82 Å². The lowest BCUT2D eigenvalue weighted by atomic mass is 9.95. The highest BCUT2D eigenvalue weighted by Gasteiger charge is 2.21. The van der Waals surface area contributed by atoms with E-state index in [0.29, 0.717) is 17.8 Å². The van der Waals surface area contributed by atoms with Crippen LogP contribution in [0.3, 0.4) is 0 Å². The molecule has 0 aromatic carbocycles. The third-order valence-electron chi connectivity index (χ3n) is 2.92. The third-order valence-corrected chi connectivity index (χ3v) is 2.92. The van der Waals surface area contributed by atoms with Crippen molar-refractivity contribution in [2.75, 3.05) is 11.9 Å². The number of primary amides is 1. The smallest absolute Gasteiger partial charge is 0.250 e. The molecule has 1 rings (SSSR count). The fourth-order valence-corrected chi connectivity index (χ4v) is 1.50. The third kappa shape index (κ3) is 3.71. The van der Waals surface area contributed by atoms with Crippen molar-refractivity contribution in [2.24, 2.45) is 5.73 Å². The summed E-state index contributed by atoms with van der Waals surface area (Å²) in [4.78, 5) is 15.0. The van der Waals surface area contributed by atoms with Crippen LogP contribution in [0.5, 0.6) is 0 Å². The van der Waals surface area contributed by atoms with E-state index in [1.165, 1.54) is 6.20 Å². The van der Waals surface area contributed by atoms with Crippen molar-refractivity contribution in [1.82, 2.24) is 4.98 Å². The van der Waals surface area contributed by atoms with Gasteiger partial charge in [-0.3, -0.25) is 4.79 Å². The Labute approximate surface area is 101 Å². The molecule has 0 fully saturated rings. The second-order valence-electron chi connectivity index (χ2n) is 4.31. The van der Waals surface area contributed by atoms with E-state index >= 15 is 0 Å². The van der Waals surface area contributed by atoms with Gasteiger partial charge in [0.05, 0.1) is 5.56 Å². The fourth-order valence-electron chi connectivity index (χ4n) is 1.50. The summed E-state index contributed by atoms with van der Waals surface area (Å²) in [6.07, 6.45) is 2.95. The summed E-state index contributed by atoms with van der Waals surface area (Å²) >= 11 is 0. The van der Waals surface area contributed by atoms with E-state index in [1.54, 1.807) is 12.1 Å². The summed E-state index contributed by atoms with van der Waals surface area (Å²) in [5.41, 5.74) is 5.32. The molecular weight excluding hydrogens is 218 g/mol. The number of nitrogens with zero attached hydrogens (tertiary/aromatic N) is 1. The number of hydrogen-bond acceptors (Lipinski definition) is 4. The van der Waals surface area contributed by atoms with E-state index in [-0.39, 0.29) is 12.1 Å². The van der Waals surface area contributed by atoms with Crippen molar-refractivity contribution in [3.63, 3.8) is 0 Å². The van der Waals surface area contributed by atoms with E-state index in [0.717, 1.165) is 6.42 Å². The Balaban J connectivity index is 2.77. The number of amides is 1. The van der Waals surface area contributed by atoms with Crippen LogP contribution in [0.25, 0.3) is 0 Å². The van der Waals surface area contributed by atoms with Gasteiger partial charge in [0.25, 0.3) is 0 Å². The zero-order valence-corrected chi connectivity index (χ0v) is 10.2. The molecule has 0 aliphatic carbocycles. The second kappa shape index (κ2) is 5.63. The first-order valence-electron chi connectivity index (χ1n) is 5.65. The van der Waals surface area contributed by atoms with Crippen LogP contribution in [0, 0.1) is 0 Å². The van der Waals surface area contributed by atoms with Crippen LogP contribution >= 0.6 is 0 Å². The van der Waals surface area contributed by atoms with Crippen LogP contribution in [-0.4, -0.2) is 28.1 Å². The molecule has 1 aromatic rings. The molecule has 0 aliphatic heterocycles. The number of carbonyl (C=O) groups excluding carboxylic acids is 1. The summed E-state index contributed by atoms with van der Waals surface area (Å²) < 4.78 is 0. The van der Waals surface area contributed by atoms with Crippen LogP contribution in [0.15, 0.2) is 18.3 Å². The topological polar surface area (TPSA) is 88.2 Å². The summed E-state index contributed by atoms with van der Waals surface area (Å²) in [5.74, 6) is 0.186. The van der Waals surface area contributed by atoms with E-state index in [9.17, 15) is 4.79 Å². The number of pyridine rings is 1. The zero-order chi connectivity index (χ0) is 12.9. The highest BCUT2D eigenvalue weighted by Crippen LogP contribution is 2.20. The van der Waals surface area contributed by atoms with Gasteiger partial charge in [0.1, 0.15) is 5.82 Å². The average Bonchev–Trinajstić information content (AvgIpc) is 2.30. The minimum atomic E-state index is -0.488. The van der Waals surface area contributed by atoms with Crippen molar-refractivity contribution >= 4 is 11.7 Å². The van der Waals surface area contributed by atoms with Crippen LogP contribution in [0.2, 0.25) is 0 Å². The number of aliphatic hydroxyl groups is 1. The minimum absolute atomic E-state index is 0.122. The predicted octanol–water partition coefficient (Wildman–Crippen LogP) is 1.14. The molecule has 0 spiro atoms. The number of rotatable bonds is 6.